The van der Waals surface area contributed by atoms with Crippen LogP contribution >= 0.6 is 11.6 Å². The molecule has 0 spiro atoms. The number of alkyl halides is 3. The van der Waals surface area contributed by atoms with E-state index in [2.05, 4.69) is 4.74 Å². The predicted octanol–water partition coefficient (Wildman–Crippen LogP) is 2.67. The van der Waals surface area contributed by atoms with Crippen molar-refractivity contribution < 1.29 is 18.6 Å². The Balaban J connectivity index is 2.08. The van der Waals surface area contributed by atoms with Gasteiger partial charge in [0.25, 0.3) is 0 Å². The average molecular weight is 278 g/mol. The zero-order chi connectivity index (χ0) is 13.2. The molecule has 6 heteroatoms. The van der Waals surface area contributed by atoms with Crippen LogP contribution in [0.4, 0.5) is 14.5 Å². The van der Waals surface area contributed by atoms with Crippen molar-refractivity contribution in [2.24, 2.45) is 5.92 Å². The van der Waals surface area contributed by atoms with E-state index in [0.29, 0.717) is 0 Å². The summed E-state index contributed by atoms with van der Waals surface area (Å²) in [6.45, 7) is 1.66. The molecular formula is C12H14ClF2NO2. The van der Waals surface area contributed by atoms with Crippen molar-refractivity contribution in [1.82, 2.24) is 0 Å². The number of ether oxygens (including phenoxy) is 1. The summed E-state index contributed by atoms with van der Waals surface area (Å²) >= 11 is 4.72. The van der Waals surface area contributed by atoms with Gasteiger partial charge in [0, 0.05) is 49.0 Å². The number of halogens is 3. The Kier molecular flexibility index (Phi) is 3.92. The van der Waals surface area contributed by atoms with E-state index in [4.69, 9.17) is 16.7 Å². The molecule has 1 atom stereocenters. The summed E-state index contributed by atoms with van der Waals surface area (Å²) in [4.78, 5) is 2.03. The molecule has 1 aliphatic heterocycles. The second-order valence-electron chi connectivity index (χ2n) is 4.33. The van der Waals surface area contributed by atoms with Gasteiger partial charge in [0.2, 0.25) is 0 Å². The van der Waals surface area contributed by atoms with Gasteiger partial charge in [0.15, 0.2) is 0 Å². The molecule has 1 aromatic carbocycles. The summed E-state index contributed by atoms with van der Waals surface area (Å²) in [6.07, 6.45) is 0.896. The van der Waals surface area contributed by atoms with E-state index in [1.807, 2.05) is 11.0 Å². The third kappa shape index (κ3) is 3.46. The molecule has 0 amide bonds. The Morgan fingerprint density at radius 2 is 2.28 bits per heavy atom. The molecule has 0 aliphatic carbocycles. The van der Waals surface area contributed by atoms with Crippen LogP contribution in [0, 0.1) is 5.92 Å². The Morgan fingerprint density at radius 3 is 2.89 bits per heavy atom. The first-order valence-corrected chi connectivity index (χ1v) is 6.07. The first kappa shape index (κ1) is 13.4. The van der Waals surface area contributed by atoms with Gasteiger partial charge in [0.1, 0.15) is 5.75 Å². The zero-order valence-corrected chi connectivity index (χ0v) is 10.4. The molecule has 1 aliphatic rings. The molecule has 18 heavy (non-hydrogen) atoms. The first-order chi connectivity index (χ1) is 8.48. The lowest BCUT2D eigenvalue weighted by Crippen LogP contribution is -2.21. The van der Waals surface area contributed by atoms with Crippen LogP contribution in [-0.4, -0.2) is 30.4 Å². The number of hydrogen-bond acceptors (Lipinski definition) is 3. The van der Waals surface area contributed by atoms with Gasteiger partial charge in [-0.05, 0) is 18.6 Å². The number of anilines is 1. The van der Waals surface area contributed by atoms with Gasteiger partial charge >= 0.3 is 5.57 Å². The van der Waals surface area contributed by atoms with Gasteiger partial charge in [-0.3, -0.25) is 0 Å². The molecular weight excluding hydrogens is 264 g/mol. The minimum absolute atomic E-state index is 0.0277. The van der Waals surface area contributed by atoms with Crippen molar-refractivity contribution in [3.05, 3.63) is 24.3 Å². The topological polar surface area (TPSA) is 32.7 Å². The maximum absolute atomic E-state index is 12.5. The summed E-state index contributed by atoms with van der Waals surface area (Å²) in [5, 5.41) is 9.07. The van der Waals surface area contributed by atoms with E-state index in [-0.39, 0.29) is 18.3 Å². The highest BCUT2D eigenvalue weighted by Gasteiger charge is 2.28. The van der Waals surface area contributed by atoms with Crippen LogP contribution in [0.3, 0.4) is 0 Å². The summed E-state index contributed by atoms with van der Waals surface area (Å²) < 4.78 is 29.4. The van der Waals surface area contributed by atoms with Crippen molar-refractivity contribution in [2.75, 3.05) is 24.6 Å². The molecule has 0 aromatic heterocycles. The summed E-state index contributed by atoms with van der Waals surface area (Å²) in [5.74, 6) is 0.268. The molecule has 0 radical (unpaired) electrons. The highest BCUT2D eigenvalue weighted by atomic mass is 35.5. The molecule has 1 N–H and O–H groups in total. The summed E-state index contributed by atoms with van der Waals surface area (Å²) in [7, 11) is 0. The minimum Gasteiger partial charge on any atom is -0.420 e. The molecule has 1 saturated heterocycles. The van der Waals surface area contributed by atoms with Gasteiger partial charge in [-0.15, -0.1) is 8.78 Å². The van der Waals surface area contributed by atoms with E-state index < -0.39 is 5.57 Å². The number of hydrogen-bond donors (Lipinski definition) is 1. The lowest BCUT2D eigenvalue weighted by atomic mass is 10.1. The third-order valence-corrected chi connectivity index (χ3v) is 3.04. The lowest BCUT2D eigenvalue weighted by molar-refractivity contribution is -0.0964. The number of benzene rings is 1. The van der Waals surface area contributed by atoms with Crippen LogP contribution in [0.25, 0.3) is 0 Å². The van der Waals surface area contributed by atoms with E-state index in [1.165, 1.54) is 12.1 Å². The fourth-order valence-corrected chi connectivity index (χ4v) is 2.18. The fourth-order valence-electron chi connectivity index (χ4n) is 2.09. The largest absolute Gasteiger partial charge is 0.487 e. The quantitative estimate of drug-likeness (QED) is 0.859. The fraction of sp³-hybridized carbons (Fsp3) is 0.500. The molecule has 0 saturated carbocycles. The molecule has 100 valence electrons. The summed E-state index contributed by atoms with van der Waals surface area (Å²) in [6, 6.07) is 6.41. The minimum atomic E-state index is -3.70. The van der Waals surface area contributed by atoms with Gasteiger partial charge in [-0.2, -0.15) is 0 Å². The van der Waals surface area contributed by atoms with Crippen LogP contribution in [0.2, 0.25) is 0 Å². The van der Waals surface area contributed by atoms with Crippen LogP contribution in [0.1, 0.15) is 6.42 Å². The Hall–Kier alpha value is -1.07. The second-order valence-corrected chi connectivity index (χ2v) is 4.77. The normalized spacial score (nSPS) is 20.2. The van der Waals surface area contributed by atoms with Gasteiger partial charge in [-0.1, -0.05) is 6.07 Å². The number of rotatable bonds is 4. The van der Waals surface area contributed by atoms with E-state index in [9.17, 15) is 8.78 Å². The lowest BCUT2D eigenvalue weighted by Gasteiger charge is -2.19. The van der Waals surface area contributed by atoms with Crippen molar-refractivity contribution >= 4 is 17.3 Å². The second kappa shape index (κ2) is 5.28. The highest BCUT2D eigenvalue weighted by Crippen LogP contribution is 2.30. The van der Waals surface area contributed by atoms with Gasteiger partial charge in [-0.25, -0.2) is 0 Å². The Morgan fingerprint density at radius 1 is 1.50 bits per heavy atom. The average Bonchev–Trinajstić information content (AvgIpc) is 2.75. The number of nitrogens with zero attached hydrogens (tertiary/aromatic N) is 1. The number of aliphatic hydroxyl groups is 1. The Labute approximate surface area is 109 Å². The van der Waals surface area contributed by atoms with E-state index >= 15 is 0 Å². The van der Waals surface area contributed by atoms with E-state index in [1.54, 1.807) is 6.07 Å². The molecule has 0 unspecified atom stereocenters. The standard InChI is InChI=1S/C12H14ClF2NO2/c13-12(14,15)18-11-3-1-2-10(6-11)16-5-4-9(7-16)8-17/h1-3,6,9,17H,4-5,7-8H2/t9-/m0/s1. The molecule has 0 bridgehead atoms. The smallest absolute Gasteiger partial charge is 0.420 e. The van der Waals surface area contributed by atoms with Crippen molar-refractivity contribution in [3.63, 3.8) is 0 Å². The first-order valence-electron chi connectivity index (χ1n) is 5.69. The zero-order valence-electron chi connectivity index (χ0n) is 9.65. The summed E-state index contributed by atoms with van der Waals surface area (Å²) in [5.41, 5.74) is -2.90. The highest BCUT2D eigenvalue weighted by molar-refractivity contribution is 6.20. The SMILES string of the molecule is OC[C@H]1CCN(c2cccc(OC(F)(F)Cl)c2)C1. The monoisotopic (exact) mass is 277 g/mol. The maximum Gasteiger partial charge on any atom is 0.487 e. The Bertz CT molecular complexity index is 411. The van der Waals surface area contributed by atoms with E-state index in [0.717, 1.165) is 25.2 Å². The van der Waals surface area contributed by atoms with Crippen LogP contribution < -0.4 is 9.64 Å². The van der Waals surface area contributed by atoms with Crippen molar-refractivity contribution in [1.29, 1.82) is 0 Å². The van der Waals surface area contributed by atoms with Crippen molar-refractivity contribution in [3.8, 4) is 5.75 Å². The van der Waals surface area contributed by atoms with Gasteiger partial charge in [0.05, 0.1) is 0 Å². The molecule has 2 rings (SSSR count). The van der Waals surface area contributed by atoms with Crippen LogP contribution in [0.15, 0.2) is 24.3 Å². The van der Waals surface area contributed by atoms with Crippen LogP contribution in [-0.2, 0) is 0 Å². The van der Waals surface area contributed by atoms with Crippen molar-refractivity contribution in [2.45, 2.75) is 12.0 Å². The molecule has 1 heterocycles. The molecule has 3 nitrogen and oxygen atoms in total. The molecule has 1 aromatic rings. The van der Waals surface area contributed by atoms with Crippen LogP contribution in [0.5, 0.6) is 5.75 Å². The third-order valence-electron chi connectivity index (χ3n) is 2.96. The van der Waals surface area contributed by atoms with Gasteiger partial charge < -0.3 is 14.7 Å². The predicted molar refractivity (Wildman–Crippen MR) is 65.3 cm³/mol. The maximum atomic E-state index is 12.5. The number of aliphatic hydroxyl groups excluding tert-OH is 1. The molecule has 1 fully saturated rings.